The van der Waals surface area contributed by atoms with Crippen LogP contribution in [-0.4, -0.2) is 47.8 Å². The lowest BCUT2D eigenvalue weighted by molar-refractivity contribution is 0.154. The maximum atomic E-state index is 9.60. The van der Waals surface area contributed by atoms with Gasteiger partial charge in [0.15, 0.2) is 0 Å². The summed E-state index contributed by atoms with van der Waals surface area (Å²) in [6.45, 7) is 3.66. The molecule has 0 heterocycles. The van der Waals surface area contributed by atoms with Gasteiger partial charge in [0.25, 0.3) is 0 Å². The van der Waals surface area contributed by atoms with Crippen molar-refractivity contribution in [3.05, 3.63) is 0 Å². The van der Waals surface area contributed by atoms with Crippen molar-refractivity contribution in [1.82, 2.24) is 10.2 Å². The third-order valence-electron chi connectivity index (χ3n) is 5.17. The maximum absolute atomic E-state index is 9.60. The first-order valence-electron chi connectivity index (χ1n) is 8.72. The summed E-state index contributed by atoms with van der Waals surface area (Å²) in [4.78, 5) is 2.57. The molecular weight excluding hydrogens is 248 g/mol. The first-order chi connectivity index (χ1) is 9.63. The predicted octanol–water partition coefficient (Wildman–Crippen LogP) is 2.92. The highest BCUT2D eigenvalue weighted by Crippen LogP contribution is 2.25. The summed E-state index contributed by atoms with van der Waals surface area (Å²) in [7, 11) is 2.30. The average molecular weight is 282 g/mol. The molecular formula is C17H34N2O. The van der Waals surface area contributed by atoms with Crippen molar-refractivity contribution >= 4 is 0 Å². The Hall–Kier alpha value is -0.120. The zero-order valence-electron chi connectivity index (χ0n) is 13.5. The molecule has 2 aliphatic rings. The molecule has 2 N–H and O–H groups in total. The molecule has 2 rings (SSSR count). The Kier molecular flexibility index (Phi) is 6.31. The molecule has 0 saturated heterocycles. The van der Waals surface area contributed by atoms with Crippen molar-refractivity contribution in [2.24, 2.45) is 0 Å². The van der Waals surface area contributed by atoms with Crippen molar-refractivity contribution in [2.45, 2.75) is 88.8 Å². The zero-order chi connectivity index (χ0) is 14.4. The van der Waals surface area contributed by atoms with Crippen molar-refractivity contribution in [3.8, 4) is 0 Å². The topological polar surface area (TPSA) is 35.5 Å². The van der Waals surface area contributed by atoms with E-state index in [9.17, 15) is 5.11 Å². The van der Waals surface area contributed by atoms with Gasteiger partial charge >= 0.3 is 0 Å². The molecule has 0 aliphatic heterocycles. The molecule has 0 aromatic rings. The first kappa shape index (κ1) is 16.3. The molecule has 1 atom stereocenters. The largest absolute Gasteiger partial charge is 0.394 e. The van der Waals surface area contributed by atoms with Crippen LogP contribution in [0.5, 0.6) is 0 Å². The predicted molar refractivity (Wildman–Crippen MR) is 85.0 cm³/mol. The van der Waals surface area contributed by atoms with E-state index < -0.39 is 0 Å². The number of hydrogen-bond donors (Lipinski definition) is 2. The van der Waals surface area contributed by atoms with Gasteiger partial charge in [-0.25, -0.2) is 0 Å². The van der Waals surface area contributed by atoms with Crippen molar-refractivity contribution in [3.63, 3.8) is 0 Å². The van der Waals surface area contributed by atoms with Crippen LogP contribution in [0, 0.1) is 0 Å². The summed E-state index contributed by atoms with van der Waals surface area (Å²) in [6, 6.07) is 1.51. The van der Waals surface area contributed by atoms with E-state index in [0.29, 0.717) is 6.04 Å². The second-order valence-corrected chi connectivity index (χ2v) is 7.37. The fourth-order valence-electron chi connectivity index (χ4n) is 3.50. The zero-order valence-corrected chi connectivity index (χ0v) is 13.5. The molecule has 0 aromatic carbocycles. The van der Waals surface area contributed by atoms with E-state index in [1.165, 1.54) is 64.3 Å². The Morgan fingerprint density at radius 2 is 1.80 bits per heavy atom. The van der Waals surface area contributed by atoms with E-state index in [4.69, 9.17) is 0 Å². The molecule has 118 valence electrons. The number of nitrogens with one attached hydrogen (secondary N) is 1. The standard InChI is InChI=1S/C17H34N2O/c1-17(14-20,18-15-10-11-15)12-6-7-13-19(2)16-8-4-3-5-9-16/h15-16,18,20H,3-14H2,1-2H3. The van der Waals surface area contributed by atoms with Crippen LogP contribution in [0.2, 0.25) is 0 Å². The van der Waals surface area contributed by atoms with Crippen LogP contribution in [0.25, 0.3) is 0 Å². The minimum Gasteiger partial charge on any atom is -0.394 e. The van der Waals surface area contributed by atoms with E-state index >= 15 is 0 Å². The number of aliphatic hydroxyl groups is 1. The van der Waals surface area contributed by atoms with Crippen LogP contribution in [0.15, 0.2) is 0 Å². The fraction of sp³-hybridized carbons (Fsp3) is 1.00. The molecule has 2 fully saturated rings. The van der Waals surface area contributed by atoms with Crippen LogP contribution in [0.1, 0.15) is 71.1 Å². The monoisotopic (exact) mass is 282 g/mol. The summed E-state index contributed by atoms with van der Waals surface area (Å²) < 4.78 is 0. The van der Waals surface area contributed by atoms with Gasteiger partial charge in [0.1, 0.15) is 0 Å². The highest BCUT2D eigenvalue weighted by molar-refractivity contribution is 4.92. The maximum Gasteiger partial charge on any atom is 0.0610 e. The SMILES string of the molecule is CN(CCCCC(C)(CO)NC1CC1)C1CCCCC1. The van der Waals surface area contributed by atoms with Gasteiger partial charge in [-0.3, -0.25) is 0 Å². The van der Waals surface area contributed by atoms with E-state index in [1.807, 2.05) is 0 Å². The Morgan fingerprint density at radius 1 is 1.10 bits per heavy atom. The van der Waals surface area contributed by atoms with Crippen LogP contribution >= 0.6 is 0 Å². The van der Waals surface area contributed by atoms with E-state index in [2.05, 4.69) is 24.2 Å². The van der Waals surface area contributed by atoms with E-state index in [-0.39, 0.29) is 12.1 Å². The number of aliphatic hydroxyl groups excluding tert-OH is 1. The molecule has 0 spiro atoms. The summed E-state index contributed by atoms with van der Waals surface area (Å²) >= 11 is 0. The molecule has 1 unspecified atom stereocenters. The summed E-state index contributed by atoms with van der Waals surface area (Å²) in [5.74, 6) is 0. The van der Waals surface area contributed by atoms with Crippen molar-refractivity contribution in [1.29, 1.82) is 0 Å². The normalized spacial score (nSPS) is 24.0. The second kappa shape index (κ2) is 7.77. The van der Waals surface area contributed by atoms with Crippen LogP contribution in [0.4, 0.5) is 0 Å². The molecule has 0 bridgehead atoms. The van der Waals surface area contributed by atoms with Crippen molar-refractivity contribution in [2.75, 3.05) is 20.2 Å². The van der Waals surface area contributed by atoms with Gasteiger partial charge in [-0.2, -0.15) is 0 Å². The molecule has 0 amide bonds. The van der Waals surface area contributed by atoms with Gasteiger partial charge in [0, 0.05) is 17.6 Å². The molecule has 2 saturated carbocycles. The smallest absolute Gasteiger partial charge is 0.0610 e. The number of nitrogens with zero attached hydrogens (tertiary/aromatic N) is 1. The van der Waals surface area contributed by atoms with Crippen molar-refractivity contribution < 1.29 is 5.11 Å². The number of unbranched alkanes of at least 4 members (excludes halogenated alkanes) is 1. The molecule has 3 nitrogen and oxygen atoms in total. The summed E-state index contributed by atoms with van der Waals surface area (Å²) in [5.41, 5.74) is -0.0510. The summed E-state index contributed by atoms with van der Waals surface area (Å²) in [6.07, 6.45) is 13.2. The summed E-state index contributed by atoms with van der Waals surface area (Å²) in [5, 5.41) is 13.2. The van der Waals surface area contributed by atoms with Gasteiger partial charge < -0.3 is 15.3 Å². The van der Waals surface area contributed by atoms with Crippen LogP contribution in [0.3, 0.4) is 0 Å². The molecule has 20 heavy (non-hydrogen) atoms. The second-order valence-electron chi connectivity index (χ2n) is 7.37. The van der Waals surface area contributed by atoms with Gasteiger partial charge in [0.2, 0.25) is 0 Å². The lowest BCUT2D eigenvalue weighted by Crippen LogP contribution is -2.47. The van der Waals surface area contributed by atoms with Crippen LogP contribution < -0.4 is 5.32 Å². The first-order valence-corrected chi connectivity index (χ1v) is 8.72. The quantitative estimate of drug-likeness (QED) is 0.638. The van der Waals surface area contributed by atoms with E-state index in [0.717, 1.165) is 12.5 Å². The highest BCUT2D eigenvalue weighted by atomic mass is 16.3. The lowest BCUT2D eigenvalue weighted by Gasteiger charge is -2.32. The Balaban J connectivity index is 1.59. The molecule has 0 radical (unpaired) electrons. The number of rotatable bonds is 9. The Bertz CT molecular complexity index is 274. The number of hydrogen-bond acceptors (Lipinski definition) is 3. The Labute approximate surface area is 125 Å². The van der Waals surface area contributed by atoms with Gasteiger partial charge in [-0.15, -0.1) is 0 Å². The third kappa shape index (κ3) is 5.34. The third-order valence-corrected chi connectivity index (χ3v) is 5.17. The molecule has 2 aliphatic carbocycles. The van der Waals surface area contributed by atoms with E-state index in [1.54, 1.807) is 0 Å². The van der Waals surface area contributed by atoms with Gasteiger partial charge in [0.05, 0.1) is 6.61 Å². The molecule has 0 aromatic heterocycles. The highest BCUT2D eigenvalue weighted by Gasteiger charge is 2.31. The van der Waals surface area contributed by atoms with Crippen LogP contribution in [-0.2, 0) is 0 Å². The average Bonchev–Trinajstić information content (AvgIpc) is 3.28. The molecule has 3 heteroatoms. The minimum absolute atomic E-state index is 0.0510. The fourth-order valence-corrected chi connectivity index (χ4v) is 3.50. The minimum atomic E-state index is -0.0510. The Morgan fingerprint density at radius 3 is 2.40 bits per heavy atom. The lowest BCUT2D eigenvalue weighted by atomic mass is 9.93. The van der Waals surface area contributed by atoms with Gasteiger partial charge in [-0.1, -0.05) is 25.7 Å². The van der Waals surface area contributed by atoms with Gasteiger partial charge in [-0.05, 0) is 59.0 Å².